The lowest BCUT2D eigenvalue weighted by Gasteiger charge is -2.27. The molecule has 0 spiro atoms. The van der Waals surface area contributed by atoms with E-state index in [1.54, 1.807) is 0 Å². The lowest BCUT2D eigenvalue weighted by Crippen LogP contribution is -2.25. The zero-order valence-corrected chi connectivity index (χ0v) is 7.36. The van der Waals surface area contributed by atoms with Crippen LogP contribution in [0.15, 0.2) is 28.6 Å². The van der Waals surface area contributed by atoms with Crippen molar-refractivity contribution in [3.63, 3.8) is 0 Å². The minimum atomic E-state index is -0.198. The van der Waals surface area contributed by atoms with Gasteiger partial charge in [0.25, 0.3) is 0 Å². The van der Waals surface area contributed by atoms with Gasteiger partial charge in [0.2, 0.25) is 0 Å². The van der Waals surface area contributed by atoms with Crippen molar-refractivity contribution in [2.45, 2.75) is 5.92 Å². The Morgan fingerprint density at radius 1 is 1.45 bits per heavy atom. The highest BCUT2D eigenvalue weighted by molar-refractivity contribution is 9.10. The minimum absolute atomic E-state index is 0.0158. The summed E-state index contributed by atoms with van der Waals surface area (Å²) in [5.74, 6) is 0.0840. The minimum Gasteiger partial charge on any atom is -0.380 e. The summed E-state index contributed by atoms with van der Waals surface area (Å²) in [5.41, 5.74) is 0.632. The Balaban J connectivity index is 2.62. The molecule has 2 heteroatoms. The second-order valence-corrected chi connectivity index (χ2v) is 3.26. The van der Waals surface area contributed by atoms with Gasteiger partial charge in [-0.15, -0.1) is 0 Å². The van der Waals surface area contributed by atoms with Gasteiger partial charge >= 0.3 is 0 Å². The van der Waals surface area contributed by atoms with Crippen molar-refractivity contribution in [1.29, 1.82) is 0 Å². The van der Waals surface area contributed by atoms with Gasteiger partial charge in [-0.3, -0.25) is 0 Å². The molecule has 2 rings (SSSR count). The molecule has 0 aromatic heterocycles. The third-order valence-electron chi connectivity index (χ3n) is 1.71. The number of hydrogen-bond acceptors (Lipinski definition) is 1. The first-order chi connectivity index (χ1) is 7.04. The molecule has 0 bridgehead atoms. The van der Waals surface area contributed by atoms with Gasteiger partial charge in [-0.25, -0.2) is 0 Å². The predicted octanol–water partition coefficient (Wildman–Crippen LogP) is 2.56. The van der Waals surface area contributed by atoms with Crippen LogP contribution in [-0.4, -0.2) is 13.2 Å². The molecule has 0 unspecified atom stereocenters. The summed E-state index contributed by atoms with van der Waals surface area (Å²) >= 11 is 3.22. The second kappa shape index (κ2) is 2.95. The van der Waals surface area contributed by atoms with Crippen LogP contribution in [0.5, 0.6) is 0 Å². The fourth-order valence-corrected chi connectivity index (χ4v) is 1.51. The Labute approximate surface area is 80.1 Å². The van der Waals surface area contributed by atoms with Crippen molar-refractivity contribution in [2.75, 3.05) is 13.2 Å². The maximum absolute atomic E-state index is 7.76. The van der Waals surface area contributed by atoms with Crippen LogP contribution in [0.25, 0.3) is 0 Å². The quantitative estimate of drug-likeness (QED) is 0.702. The van der Waals surface area contributed by atoms with E-state index < -0.39 is 0 Å². The van der Waals surface area contributed by atoms with Crippen LogP contribution in [-0.2, 0) is 4.74 Å². The van der Waals surface area contributed by atoms with Gasteiger partial charge in [-0.2, -0.15) is 0 Å². The van der Waals surface area contributed by atoms with Crippen molar-refractivity contribution in [3.8, 4) is 0 Å². The zero-order valence-electron chi connectivity index (χ0n) is 9.78. The van der Waals surface area contributed by atoms with E-state index in [1.165, 1.54) is 0 Å². The molecule has 0 amide bonds. The lowest BCUT2D eigenvalue weighted by molar-refractivity contribution is 0.00814. The van der Waals surface area contributed by atoms with Gasteiger partial charge < -0.3 is 4.74 Å². The molecule has 0 N–H and O–H groups in total. The molecule has 1 heterocycles. The van der Waals surface area contributed by atoms with Crippen LogP contribution < -0.4 is 0 Å². The topological polar surface area (TPSA) is 9.23 Å². The fourth-order valence-electron chi connectivity index (χ4n) is 0.991. The van der Waals surface area contributed by atoms with Gasteiger partial charge in [0.1, 0.15) is 0 Å². The first kappa shape index (κ1) is 4.06. The summed E-state index contributed by atoms with van der Waals surface area (Å²) in [4.78, 5) is 0. The standard InChI is InChI=1S/C9H9BrO/c10-9-4-2-1-3-8(9)7-5-11-6-7/h1-4,7H,5-6H2/i1D,2D,3D,4D. The highest BCUT2D eigenvalue weighted by Crippen LogP contribution is 2.29. The van der Waals surface area contributed by atoms with E-state index in [0.29, 0.717) is 23.2 Å². The number of benzene rings is 1. The molecule has 1 aliphatic rings. The Kier molecular flexibility index (Phi) is 1.09. The number of halogens is 1. The maximum atomic E-state index is 7.76. The molecule has 0 saturated carbocycles. The van der Waals surface area contributed by atoms with E-state index in [4.69, 9.17) is 10.2 Å². The number of ether oxygens (including phenoxy) is 1. The Morgan fingerprint density at radius 2 is 2.18 bits per heavy atom. The Hall–Kier alpha value is -0.340. The van der Waals surface area contributed by atoms with Gasteiger partial charge in [-0.1, -0.05) is 34.1 Å². The monoisotopic (exact) mass is 216 g/mol. The summed E-state index contributed by atoms with van der Waals surface area (Å²) < 4.78 is 35.9. The van der Waals surface area contributed by atoms with E-state index in [2.05, 4.69) is 15.9 Å². The van der Waals surface area contributed by atoms with Gasteiger partial charge in [0.15, 0.2) is 0 Å². The smallest absolute Gasteiger partial charge is 0.0635 e. The SMILES string of the molecule is [2H]c1c([2H])c([2H])c(C2COC2)c(Br)c1[2H]. The third kappa shape index (κ3) is 1.33. The average molecular weight is 217 g/mol. The molecule has 58 valence electrons. The maximum Gasteiger partial charge on any atom is 0.0635 e. The Morgan fingerprint density at radius 3 is 2.82 bits per heavy atom. The van der Waals surface area contributed by atoms with Crippen molar-refractivity contribution < 1.29 is 10.2 Å². The van der Waals surface area contributed by atoms with E-state index in [0.717, 1.165) is 0 Å². The molecular weight excluding hydrogens is 204 g/mol. The Bertz CT molecular complexity index is 388. The van der Waals surface area contributed by atoms with Crippen molar-refractivity contribution in [2.24, 2.45) is 0 Å². The molecule has 1 aromatic carbocycles. The van der Waals surface area contributed by atoms with Crippen LogP contribution in [0.3, 0.4) is 0 Å². The van der Waals surface area contributed by atoms with Crippen LogP contribution >= 0.6 is 15.9 Å². The van der Waals surface area contributed by atoms with Gasteiger partial charge in [0.05, 0.1) is 18.7 Å². The molecule has 0 atom stereocenters. The zero-order chi connectivity index (χ0) is 11.2. The largest absolute Gasteiger partial charge is 0.380 e. The van der Waals surface area contributed by atoms with E-state index >= 15 is 0 Å². The molecule has 1 nitrogen and oxygen atoms in total. The molecule has 0 aliphatic carbocycles. The second-order valence-electron chi connectivity index (χ2n) is 2.46. The molecule has 1 fully saturated rings. The molecule has 1 aromatic rings. The molecule has 11 heavy (non-hydrogen) atoms. The number of rotatable bonds is 1. The highest BCUT2D eigenvalue weighted by atomic mass is 79.9. The van der Waals surface area contributed by atoms with Crippen LogP contribution in [0.1, 0.15) is 17.0 Å². The first-order valence-corrected chi connectivity index (χ1v) is 4.16. The summed E-state index contributed by atoms with van der Waals surface area (Å²) in [7, 11) is 0. The number of hydrogen-bond donors (Lipinski definition) is 0. The summed E-state index contributed by atoms with van der Waals surface area (Å²) in [6.07, 6.45) is 0. The average Bonchev–Trinajstić information content (AvgIpc) is 2.15. The van der Waals surface area contributed by atoms with E-state index in [1.807, 2.05) is 0 Å². The molecule has 1 saturated heterocycles. The summed E-state index contributed by atoms with van der Waals surface area (Å²) in [6, 6.07) is -0.352. The first-order valence-electron chi connectivity index (χ1n) is 5.37. The lowest BCUT2D eigenvalue weighted by atomic mass is 9.98. The molecular formula is C9H9BrO. The van der Waals surface area contributed by atoms with Crippen molar-refractivity contribution >= 4 is 15.9 Å². The van der Waals surface area contributed by atoms with E-state index in [-0.39, 0.29) is 30.1 Å². The van der Waals surface area contributed by atoms with Crippen molar-refractivity contribution in [1.82, 2.24) is 0 Å². The summed E-state index contributed by atoms with van der Waals surface area (Å²) in [6.45, 7) is 1.06. The molecule has 1 aliphatic heterocycles. The highest BCUT2D eigenvalue weighted by Gasteiger charge is 2.21. The fraction of sp³-hybridized carbons (Fsp3) is 0.333. The molecule has 0 radical (unpaired) electrons. The van der Waals surface area contributed by atoms with Gasteiger partial charge in [-0.05, 0) is 11.6 Å². The third-order valence-corrected chi connectivity index (χ3v) is 2.34. The summed E-state index contributed by atoms with van der Waals surface area (Å²) in [5, 5.41) is 0. The predicted molar refractivity (Wildman–Crippen MR) is 47.7 cm³/mol. The van der Waals surface area contributed by atoms with Crippen LogP contribution in [0, 0.1) is 0 Å². The van der Waals surface area contributed by atoms with Gasteiger partial charge in [0, 0.05) is 10.4 Å². The van der Waals surface area contributed by atoms with Crippen LogP contribution in [0.2, 0.25) is 0 Å². The van der Waals surface area contributed by atoms with E-state index in [9.17, 15) is 0 Å². The van der Waals surface area contributed by atoms with Crippen molar-refractivity contribution in [3.05, 3.63) is 34.2 Å². The normalized spacial score (nSPS) is 23.0. The van der Waals surface area contributed by atoms with Crippen LogP contribution in [0.4, 0.5) is 0 Å².